The number of nitriles is 1. The van der Waals surface area contributed by atoms with E-state index in [4.69, 9.17) is 6.57 Å². The highest BCUT2D eigenvalue weighted by Crippen LogP contribution is 2.45. The van der Waals surface area contributed by atoms with Crippen LogP contribution >= 0.6 is 0 Å². The Morgan fingerprint density at radius 3 is 2.67 bits per heavy atom. The van der Waals surface area contributed by atoms with E-state index in [9.17, 15) is 18.4 Å². The van der Waals surface area contributed by atoms with E-state index in [1.54, 1.807) is 43.3 Å². The van der Waals surface area contributed by atoms with Crippen molar-refractivity contribution in [1.29, 1.82) is 5.26 Å². The third-order valence-electron chi connectivity index (χ3n) is 4.89. The zero-order valence-electron chi connectivity index (χ0n) is 15.5. The van der Waals surface area contributed by atoms with Gasteiger partial charge in [-0.2, -0.15) is 23.5 Å². The largest absolute Gasteiger partial charge is 0.432 e. The third kappa shape index (κ3) is 3.07. The second-order valence-electron chi connectivity index (χ2n) is 6.67. The second kappa shape index (κ2) is 7.05. The molecule has 0 amide bonds. The Morgan fingerprint density at radius 1 is 1.23 bits per heavy atom. The van der Waals surface area contributed by atoms with Crippen molar-refractivity contribution in [2.24, 2.45) is 0 Å². The highest BCUT2D eigenvalue weighted by molar-refractivity contribution is 5.83. The maximum Gasteiger partial charge on any atom is 0.432 e. The molecule has 9 heteroatoms. The summed E-state index contributed by atoms with van der Waals surface area (Å²) in [6, 6.07) is 11.3. The lowest BCUT2D eigenvalue weighted by molar-refractivity contribution is -0.0962. The molecular formula is C21H13F3N6. The number of aryl methyl sites for hydroxylation is 1. The summed E-state index contributed by atoms with van der Waals surface area (Å²) >= 11 is 0. The number of alkyl halides is 3. The number of pyridine rings is 1. The first-order valence-corrected chi connectivity index (χ1v) is 8.81. The summed E-state index contributed by atoms with van der Waals surface area (Å²) in [5.41, 5.74) is 0.115. The fourth-order valence-corrected chi connectivity index (χ4v) is 3.51. The molecule has 1 aliphatic heterocycles. The summed E-state index contributed by atoms with van der Waals surface area (Å²) in [5, 5.41) is 19.6. The molecule has 1 atom stereocenters. The van der Waals surface area contributed by atoms with Crippen LogP contribution in [-0.4, -0.2) is 21.4 Å². The Balaban J connectivity index is 2.03. The average Bonchev–Trinajstić information content (AvgIpc) is 3.12. The number of aromatic amines is 1. The van der Waals surface area contributed by atoms with Crippen molar-refractivity contribution in [3.8, 4) is 6.07 Å². The lowest BCUT2D eigenvalue weighted by Gasteiger charge is -2.29. The van der Waals surface area contributed by atoms with Crippen molar-refractivity contribution in [3.63, 3.8) is 0 Å². The first-order valence-electron chi connectivity index (χ1n) is 8.81. The molecule has 4 rings (SSSR count). The maximum atomic E-state index is 13.8. The van der Waals surface area contributed by atoms with E-state index in [-0.39, 0.29) is 17.1 Å². The van der Waals surface area contributed by atoms with Crippen LogP contribution in [0.4, 0.5) is 13.2 Å². The highest BCUT2D eigenvalue weighted by Gasteiger charge is 2.44. The number of halogens is 3. The van der Waals surface area contributed by atoms with E-state index >= 15 is 0 Å². The Morgan fingerprint density at radius 2 is 2.03 bits per heavy atom. The molecule has 0 spiro atoms. The fraction of sp³-hybridized carbons (Fsp3) is 0.143. The number of H-pyrrole nitrogens is 1. The van der Waals surface area contributed by atoms with Crippen LogP contribution in [0, 0.1) is 24.8 Å². The molecule has 2 N–H and O–H groups in total. The Labute approximate surface area is 169 Å². The van der Waals surface area contributed by atoms with Crippen LogP contribution in [0.2, 0.25) is 0 Å². The van der Waals surface area contributed by atoms with Gasteiger partial charge in [-0.05, 0) is 36.8 Å². The van der Waals surface area contributed by atoms with E-state index in [0.717, 1.165) is 5.69 Å². The van der Waals surface area contributed by atoms with Crippen molar-refractivity contribution in [2.75, 3.05) is 0 Å². The standard InChI is InChI=1S/C21H13F3N6/c1-11-13-9-12(6-7-15(13)30-29-11)17-14(10-25)20(21(22,23)24)28-18(19(17)26-2)16-5-3-4-8-27-16/h3-9,17,28H,1H3,(H,29,30). The number of aromatic nitrogens is 3. The van der Waals surface area contributed by atoms with Gasteiger partial charge in [0.05, 0.1) is 41.0 Å². The molecule has 3 heterocycles. The lowest BCUT2D eigenvalue weighted by atomic mass is 9.83. The van der Waals surface area contributed by atoms with Gasteiger partial charge in [0.25, 0.3) is 0 Å². The monoisotopic (exact) mass is 406 g/mol. The first kappa shape index (κ1) is 19.2. The van der Waals surface area contributed by atoms with E-state index < -0.39 is 23.4 Å². The van der Waals surface area contributed by atoms with Crippen molar-refractivity contribution in [1.82, 2.24) is 20.5 Å². The lowest BCUT2D eigenvalue weighted by Crippen LogP contribution is -2.33. The van der Waals surface area contributed by atoms with Gasteiger partial charge in [-0.3, -0.25) is 10.1 Å². The smallest absolute Gasteiger partial charge is 0.358 e. The van der Waals surface area contributed by atoms with Gasteiger partial charge in [-0.1, -0.05) is 12.1 Å². The molecular weight excluding hydrogens is 393 g/mol. The van der Waals surface area contributed by atoms with Crippen molar-refractivity contribution in [3.05, 3.63) is 87.9 Å². The van der Waals surface area contributed by atoms with Gasteiger partial charge in [0.1, 0.15) is 5.70 Å². The number of fused-ring (bicyclic) bond motifs is 1. The summed E-state index contributed by atoms with van der Waals surface area (Å²) in [6.45, 7) is 9.47. The average molecular weight is 406 g/mol. The minimum absolute atomic E-state index is 0.0289. The van der Waals surface area contributed by atoms with Crippen LogP contribution in [-0.2, 0) is 0 Å². The van der Waals surface area contributed by atoms with Gasteiger partial charge in [-0.15, -0.1) is 0 Å². The summed E-state index contributed by atoms with van der Waals surface area (Å²) in [4.78, 5) is 7.62. The van der Waals surface area contributed by atoms with Crippen LogP contribution in [0.15, 0.2) is 59.6 Å². The van der Waals surface area contributed by atoms with Crippen molar-refractivity contribution in [2.45, 2.75) is 19.0 Å². The van der Waals surface area contributed by atoms with Gasteiger partial charge in [0.15, 0.2) is 0 Å². The summed E-state index contributed by atoms with van der Waals surface area (Å²) < 4.78 is 41.5. The second-order valence-corrected chi connectivity index (χ2v) is 6.67. The van der Waals surface area contributed by atoms with Gasteiger partial charge in [0, 0.05) is 17.3 Å². The predicted octanol–water partition coefficient (Wildman–Crippen LogP) is 4.58. The van der Waals surface area contributed by atoms with E-state index in [0.29, 0.717) is 16.5 Å². The normalized spacial score (nSPS) is 16.9. The van der Waals surface area contributed by atoms with E-state index in [2.05, 4.69) is 25.3 Å². The molecule has 1 aliphatic rings. The molecule has 2 aromatic heterocycles. The van der Waals surface area contributed by atoms with Crippen molar-refractivity contribution < 1.29 is 13.2 Å². The number of hydrogen-bond donors (Lipinski definition) is 2. The van der Waals surface area contributed by atoms with Gasteiger partial charge in [0.2, 0.25) is 5.70 Å². The predicted molar refractivity (Wildman–Crippen MR) is 103 cm³/mol. The molecule has 6 nitrogen and oxygen atoms in total. The highest BCUT2D eigenvalue weighted by atomic mass is 19.4. The molecule has 0 radical (unpaired) electrons. The maximum absolute atomic E-state index is 13.8. The first-order chi connectivity index (χ1) is 14.3. The Bertz CT molecular complexity index is 1290. The number of allylic oxidation sites excluding steroid dienone is 2. The summed E-state index contributed by atoms with van der Waals surface area (Å²) in [5.74, 6) is -1.19. The number of hydrogen-bond acceptors (Lipinski definition) is 4. The van der Waals surface area contributed by atoms with Gasteiger partial charge < -0.3 is 5.32 Å². The van der Waals surface area contributed by atoms with Crippen molar-refractivity contribution >= 4 is 16.6 Å². The van der Waals surface area contributed by atoms with Crippen LogP contribution < -0.4 is 5.32 Å². The number of benzene rings is 1. The summed E-state index contributed by atoms with van der Waals surface area (Å²) in [7, 11) is 0. The quantitative estimate of drug-likeness (QED) is 0.611. The fourth-order valence-electron chi connectivity index (χ4n) is 3.51. The summed E-state index contributed by atoms with van der Waals surface area (Å²) in [6.07, 6.45) is -3.38. The van der Waals surface area contributed by atoms with Crippen LogP contribution in [0.3, 0.4) is 0 Å². The van der Waals surface area contributed by atoms with Gasteiger partial charge in [-0.25, -0.2) is 4.85 Å². The minimum atomic E-state index is -4.81. The van der Waals surface area contributed by atoms with Gasteiger partial charge >= 0.3 is 6.18 Å². The molecule has 0 fully saturated rings. The van der Waals surface area contributed by atoms with E-state index in [1.807, 2.05) is 0 Å². The zero-order chi connectivity index (χ0) is 21.5. The number of rotatable bonds is 2. The minimum Gasteiger partial charge on any atom is -0.358 e. The molecule has 148 valence electrons. The number of nitrogens with one attached hydrogen (secondary N) is 2. The SMILES string of the molecule is [C-]#[N+]C1=C(c2ccccn2)NC(C(F)(F)F)=C(C#N)C1c1ccc2n[nH]c(C)c2c1. The van der Waals surface area contributed by atoms with Crippen LogP contribution in [0.1, 0.15) is 22.9 Å². The molecule has 1 aromatic carbocycles. The molecule has 1 unspecified atom stereocenters. The Kier molecular flexibility index (Phi) is 4.52. The van der Waals surface area contributed by atoms with Crippen LogP contribution in [0.25, 0.3) is 21.4 Å². The molecule has 0 saturated heterocycles. The molecule has 30 heavy (non-hydrogen) atoms. The third-order valence-corrected chi connectivity index (χ3v) is 4.89. The topological polar surface area (TPSA) is 81.8 Å². The molecule has 0 saturated carbocycles. The number of dihydropyridines is 1. The molecule has 0 aliphatic carbocycles. The number of nitrogens with zero attached hydrogens (tertiary/aromatic N) is 4. The zero-order valence-corrected chi connectivity index (χ0v) is 15.5. The Hall–Kier alpha value is -4.11. The van der Waals surface area contributed by atoms with E-state index in [1.165, 1.54) is 12.3 Å². The van der Waals surface area contributed by atoms with Crippen LogP contribution in [0.5, 0.6) is 0 Å². The molecule has 0 bridgehead atoms. The molecule has 3 aromatic rings.